The van der Waals surface area contributed by atoms with Crippen LogP contribution in [0.15, 0.2) is 65.1 Å². The summed E-state index contributed by atoms with van der Waals surface area (Å²) in [6.07, 6.45) is 1.53. The molecule has 27 heavy (non-hydrogen) atoms. The van der Waals surface area contributed by atoms with Crippen LogP contribution in [0.5, 0.6) is 0 Å². The first-order chi connectivity index (χ1) is 13.2. The molecule has 138 valence electrons. The van der Waals surface area contributed by atoms with Gasteiger partial charge < -0.3 is 14.5 Å². The van der Waals surface area contributed by atoms with Gasteiger partial charge in [-0.1, -0.05) is 60.7 Å². The second-order valence-corrected chi connectivity index (χ2v) is 6.74. The van der Waals surface area contributed by atoms with Crippen molar-refractivity contribution in [2.45, 2.75) is 31.9 Å². The zero-order chi connectivity index (χ0) is 18.6. The monoisotopic (exact) mass is 362 g/mol. The first-order valence-corrected chi connectivity index (χ1v) is 9.21. The molecule has 2 heterocycles. The van der Waals surface area contributed by atoms with Crippen LogP contribution in [0.2, 0.25) is 0 Å². The third-order valence-corrected chi connectivity index (χ3v) is 4.78. The highest BCUT2D eigenvalue weighted by atomic mass is 16.5. The minimum atomic E-state index is -0.204. The van der Waals surface area contributed by atoms with Crippen molar-refractivity contribution in [3.8, 4) is 11.3 Å². The van der Waals surface area contributed by atoms with Gasteiger partial charge in [-0.3, -0.25) is 4.79 Å². The Hall–Kier alpha value is -2.92. The van der Waals surface area contributed by atoms with Crippen LogP contribution in [0, 0.1) is 6.92 Å². The number of aromatic nitrogens is 1. The third-order valence-electron chi connectivity index (χ3n) is 4.78. The number of ether oxygens (including phenoxy) is 1. The average molecular weight is 362 g/mol. The number of hydrogen-bond acceptors (Lipinski definition) is 4. The van der Waals surface area contributed by atoms with E-state index in [1.165, 1.54) is 0 Å². The van der Waals surface area contributed by atoms with Gasteiger partial charge in [0.15, 0.2) is 17.3 Å². The van der Waals surface area contributed by atoms with E-state index in [1.54, 1.807) is 6.92 Å². The van der Waals surface area contributed by atoms with Crippen molar-refractivity contribution in [1.29, 1.82) is 0 Å². The number of hydrogen-bond donors (Lipinski definition) is 1. The Morgan fingerprint density at radius 2 is 1.78 bits per heavy atom. The number of nitrogens with one attached hydrogen (secondary N) is 1. The number of amides is 1. The lowest BCUT2D eigenvalue weighted by atomic mass is 9.97. The minimum absolute atomic E-state index is 0.00195. The van der Waals surface area contributed by atoms with Crippen molar-refractivity contribution < 1.29 is 13.9 Å². The Morgan fingerprint density at radius 1 is 1.07 bits per heavy atom. The Bertz CT molecular complexity index is 906. The molecule has 1 aliphatic heterocycles. The van der Waals surface area contributed by atoms with Crippen LogP contribution in [0.4, 0.5) is 0 Å². The topological polar surface area (TPSA) is 64.4 Å². The Balaban J connectivity index is 1.50. The highest BCUT2D eigenvalue weighted by Crippen LogP contribution is 2.29. The summed E-state index contributed by atoms with van der Waals surface area (Å²) >= 11 is 0. The predicted octanol–water partition coefficient (Wildman–Crippen LogP) is 4.30. The molecule has 2 aromatic carbocycles. The summed E-state index contributed by atoms with van der Waals surface area (Å²) < 4.78 is 11.6. The first-order valence-electron chi connectivity index (χ1n) is 9.21. The van der Waals surface area contributed by atoms with Crippen molar-refractivity contribution in [1.82, 2.24) is 10.3 Å². The van der Waals surface area contributed by atoms with Crippen LogP contribution in [0.25, 0.3) is 11.3 Å². The molecule has 2 unspecified atom stereocenters. The number of aryl methyl sites for hydroxylation is 1. The first kappa shape index (κ1) is 17.5. The van der Waals surface area contributed by atoms with Gasteiger partial charge in [0.2, 0.25) is 0 Å². The summed E-state index contributed by atoms with van der Waals surface area (Å²) in [5.74, 6) is 0.787. The summed E-state index contributed by atoms with van der Waals surface area (Å²) in [6.45, 7) is 2.37. The van der Waals surface area contributed by atoms with E-state index < -0.39 is 0 Å². The van der Waals surface area contributed by atoms with Gasteiger partial charge in [-0.05, 0) is 18.4 Å². The highest BCUT2D eigenvalue weighted by Gasteiger charge is 2.27. The van der Waals surface area contributed by atoms with E-state index in [-0.39, 0.29) is 18.1 Å². The molecule has 0 spiro atoms. The highest BCUT2D eigenvalue weighted by molar-refractivity contribution is 5.97. The largest absolute Gasteiger partial charge is 0.440 e. The Labute approximate surface area is 158 Å². The smallest absolute Gasteiger partial charge is 0.274 e. The van der Waals surface area contributed by atoms with Gasteiger partial charge in [-0.25, -0.2) is 4.98 Å². The van der Waals surface area contributed by atoms with Gasteiger partial charge in [0, 0.05) is 25.1 Å². The van der Waals surface area contributed by atoms with E-state index in [0.717, 1.165) is 24.0 Å². The summed E-state index contributed by atoms with van der Waals surface area (Å²) in [5.41, 5.74) is 2.32. The van der Waals surface area contributed by atoms with E-state index in [1.807, 2.05) is 48.5 Å². The molecule has 1 fully saturated rings. The molecular weight excluding hydrogens is 340 g/mol. The molecule has 0 aliphatic carbocycles. The fourth-order valence-corrected chi connectivity index (χ4v) is 3.45. The molecule has 1 saturated heterocycles. The Kier molecular flexibility index (Phi) is 5.03. The fourth-order valence-electron chi connectivity index (χ4n) is 3.45. The third kappa shape index (κ3) is 3.93. The molecule has 0 bridgehead atoms. The normalized spacial score (nSPS) is 19.6. The number of rotatable bonds is 4. The van der Waals surface area contributed by atoms with E-state index in [9.17, 15) is 4.79 Å². The van der Waals surface area contributed by atoms with Crippen LogP contribution >= 0.6 is 0 Å². The molecule has 5 heteroatoms. The van der Waals surface area contributed by atoms with Gasteiger partial charge in [-0.2, -0.15) is 0 Å². The zero-order valence-corrected chi connectivity index (χ0v) is 15.2. The molecule has 1 aliphatic rings. The molecule has 0 saturated carbocycles. The summed E-state index contributed by atoms with van der Waals surface area (Å²) in [6, 6.07) is 19.7. The average Bonchev–Trinajstić information content (AvgIpc) is 3.11. The molecule has 1 amide bonds. The number of oxazole rings is 1. The molecule has 1 aromatic heterocycles. The van der Waals surface area contributed by atoms with Crippen LogP contribution in [-0.2, 0) is 4.74 Å². The van der Waals surface area contributed by atoms with Crippen LogP contribution in [0.1, 0.15) is 40.9 Å². The predicted molar refractivity (Wildman–Crippen MR) is 102 cm³/mol. The lowest BCUT2D eigenvalue weighted by Crippen LogP contribution is -2.40. The van der Waals surface area contributed by atoms with Crippen molar-refractivity contribution in [3.05, 3.63) is 77.8 Å². The van der Waals surface area contributed by atoms with E-state index in [0.29, 0.717) is 24.0 Å². The summed E-state index contributed by atoms with van der Waals surface area (Å²) in [5, 5.41) is 3.12. The maximum atomic E-state index is 12.9. The summed E-state index contributed by atoms with van der Waals surface area (Å²) in [7, 11) is 0. The molecule has 2 atom stereocenters. The molecule has 4 rings (SSSR count). The Morgan fingerprint density at radius 3 is 2.52 bits per heavy atom. The SMILES string of the molecule is Cc1nc(C(=O)NC2CCOC(c3ccccc3)C2)c(-c2ccccc2)o1. The zero-order valence-electron chi connectivity index (χ0n) is 15.2. The van der Waals surface area contributed by atoms with Gasteiger partial charge in [0.1, 0.15) is 0 Å². The van der Waals surface area contributed by atoms with Crippen molar-refractivity contribution in [2.75, 3.05) is 6.61 Å². The van der Waals surface area contributed by atoms with Crippen LogP contribution in [0.3, 0.4) is 0 Å². The fraction of sp³-hybridized carbons (Fsp3) is 0.273. The lowest BCUT2D eigenvalue weighted by Gasteiger charge is -2.30. The molecule has 3 aromatic rings. The quantitative estimate of drug-likeness (QED) is 0.751. The van der Waals surface area contributed by atoms with Crippen molar-refractivity contribution >= 4 is 5.91 Å². The van der Waals surface area contributed by atoms with Crippen LogP contribution in [-0.4, -0.2) is 23.5 Å². The van der Waals surface area contributed by atoms with E-state index >= 15 is 0 Å². The minimum Gasteiger partial charge on any atom is -0.440 e. The number of nitrogens with zero attached hydrogens (tertiary/aromatic N) is 1. The van der Waals surface area contributed by atoms with E-state index in [4.69, 9.17) is 9.15 Å². The van der Waals surface area contributed by atoms with Crippen LogP contribution < -0.4 is 5.32 Å². The summed E-state index contributed by atoms with van der Waals surface area (Å²) in [4.78, 5) is 17.2. The van der Waals surface area contributed by atoms with Gasteiger partial charge >= 0.3 is 0 Å². The molecule has 5 nitrogen and oxygen atoms in total. The van der Waals surface area contributed by atoms with Crippen molar-refractivity contribution in [2.24, 2.45) is 0 Å². The lowest BCUT2D eigenvalue weighted by molar-refractivity contribution is 0.000875. The standard InChI is InChI=1S/C22H22N2O3/c1-15-23-20(21(27-15)17-10-6-3-7-11-17)22(25)24-18-12-13-26-19(14-18)16-8-4-2-5-9-16/h2-11,18-19H,12-14H2,1H3,(H,24,25). The maximum Gasteiger partial charge on any atom is 0.274 e. The van der Waals surface area contributed by atoms with E-state index in [2.05, 4.69) is 22.4 Å². The number of carbonyl (C=O) groups excluding carboxylic acids is 1. The molecule has 0 radical (unpaired) electrons. The second kappa shape index (κ2) is 7.76. The maximum absolute atomic E-state index is 12.9. The van der Waals surface area contributed by atoms with Gasteiger partial charge in [0.05, 0.1) is 6.10 Å². The number of benzene rings is 2. The van der Waals surface area contributed by atoms with Gasteiger partial charge in [0.25, 0.3) is 5.91 Å². The van der Waals surface area contributed by atoms with Gasteiger partial charge in [-0.15, -0.1) is 0 Å². The van der Waals surface area contributed by atoms with Crippen molar-refractivity contribution in [3.63, 3.8) is 0 Å². The molecule has 1 N–H and O–H groups in total. The molecular formula is C22H22N2O3. The number of carbonyl (C=O) groups is 1. The second-order valence-electron chi connectivity index (χ2n) is 6.74.